The third-order valence-electron chi connectivity index (χ3n) is 6.17. The second-order valence-corrected chi connectivity index (χ2v) is 8.04. The molecule has 2 atom stereocenters. The van der Waals surface area contributed by atoms with Crippen LogP contribution in [-0.4, -0.2) is 66.5 Å². The van der Waals surface area contributed by atoms with Crippen molar-refractivity contribution in [3.8, 4) is 0 Å². The lowest BCUT2D eigenvalue weighted by Gasteiger charge is -2.30. The zero-order valence-electron chi connectivity index (χ0n) is 16.2. The Kier molecular flexibility index (Phi) is 5.34. The van der Waals surface area contributed by atoms with E-state index in [0.717, 1.165) is 51.1 Å². The Balaban J connectivity index is 1.35. The number of urea groups is 1. The summed E-state index contributed by atoms with van der Waals surface area (Å²) in [6.07, 6.45) is 5.52. The van der Waals surface area contributed by atoms with Crippen LogP contribution in [0, 0.1) is 0 Å². The van der Waals surface area contributed by atoms with Gasteiger partial charge in [0.15, 0.2) is 0 Å². The zero-order chi connectivity index (χ0) is 18.8. The molecule has 2 saturated heterocycles. The van der Waals surface area contributed by atoms with Gasteiger partial charge in [0.2, 0.25) is 5.91 Å². The Labute approximate surface area is 161 Å². The molecular weight excluding hydrogens is 340 g/mol. The molecule has 1 N–H and O–H groups in total. The highest BCUT2D eigenvalue weighted by atomic mass is 16.2. The number of hydrogen-bond acceptors (Lipinski definition) is 3. The molecule has 0 saturated carbocycles. The summed E-state index contributed by atoms with van der Waals surface area (Å²) in [5.41, 5.74) is 2.19. The van der Waals surface area contributed by atoms with Gasteiger partial charge in [-0.1, -0.05) is 18.2 Å². The largest absolute Gasteiger partial charge is 0.326 e. The van der Waals surface area contributed by atoms with Gasteiger partial charge in [-0.05, 0) is 63.7 Å². The predicted octanol–water partition coefficient (Wildman–Crippen LogP) is 2.23. The number of carbonyl (C=O) groups is 2. The number of hydrogen-bond donors (Lipinski definition) is 1. The fourth-order valence-electron chi connectivity index (χ4n) is 4.69. The molecule has 3 aliphatic heterocycles. The summed E-state index contributed by atoms with van der Waals surface area (Å²) in [7, 11) is 0. The molecule has 3 aliphatic rings. The van der Waals surface area contributed by atoms with Crippen LogP contribution in [0.25, 0.3) is 0 Å². The molecule has 4 rings (SSSR count). The van der Waals surface area contributed by atoms with Crippen molar-refractivity contribution in [1.82, 2.24) is 15.1 Å². The lowest BCUT2D eigenvalue weighted by atomic mass is 10.2. The average Bonchev–Trinajstić information content (AvgIpc) is 3.42. The Morgan fingerprint density at radius 2 is 1.89 bits per heavy atom. The first-order valence-electron chi connectivity index (χ1n) is 10.3. The van der Waals surface area contributed by atoms with E-state index in [1.54, 1.807) is 6.92 Å². The van der Waals surface area contributed by atoms with Crippen molar-refractivity contribution in [2.45, 2.75) is 51.1 Å². The monoisotopic (exact) mass is 370 g/mol. The van der Waals surface area contributed by atoms with E-state index in [9.17, 15) is 9.59 Å². The molecule has 0 unspecified atom stereocenters. The maximum atomic E-state index is 12.9. The molecule has 2 fully saturated rings. The first kappa shape index (κ1) is 18.3. The number of amides is 3. The lowest BCUT2D eigenvalue weighted by molar-refractivity contribution is -0.120. The number of likely N-dealkylation sites (tertiary alicyclic amines) is 2. The van der Waals surface area contributed by atoms with Gasteiger partial charge in [-0.15, -0.1) is 0 Å². The SMILES string of the molecule is C[C@@H](NC(=O)N1CCC[C@H]1CN1CCCC1)C(=O)N1CCc2ccccc21. The lowest BCUT2D eigenvalue weighted by Crippen LogP contribution is -2.53. The summed E-state index contributed by atoms with van der Waals surface area (Å²) in [6.45, 7) is 6.55. The minimum Gasteiger partial charge on any atom is -0.326 e. The quantitative estimate of drug-likeness (QED) is 0.884. The smallest absolute Gasteiger partial charge is 0.318 e. The highest BCUT2D eigenvalue weighted by Gasteiger charge is 2.34. The normalized spacial score (nSPS) is 23.5. The van der Waals surface area contributed by atoms with E-state index < -0.39 is 6.04 Å². The van der Waals surface area contributed by atoms with Gasteiger partial charge in [0.25, 0.3) is 0 Å². The van der Waals surface area contributed by atoms with E-state index in [-0.39, 0.29) is 18.0 Å². The second kappa shape index (κ2) is 7.89. The second-order valence-electron chi connectivity index (χ2n) is 8.04. The molecule has 3 amide bonds. The van der Waals surface area contributed by atoms with Crippen molar-refractivity contribution in [3.05, 3.63) is 29.8 Å². The third-order valence-corrected chi connectivity index (χ3v) is 6.17. The first-order valence-corrected chi connectivity index (χ1v) is 10.3. The molecule has 0 aliphatic carbocycles. The maximum Gasteiger partial charge on any atom is 0.318 e. The van der Waals surface area contributed by atoms with Crippen molar-refractivity contribution in [3.63, 3.8) is 0 Å². The highest BCUT2D eigenvalue weighted by molar-refractivity contribution is 6.00. The van der Waals surface area contributed by atoms with E-state index in [4.69, 9.17) is 0 Å². The van der Waals surface area contributed by atoms with Crippen molar-refractivity contribution in [2.75, 3.05) is 37.6 Å². The van der Waals surface area contributed by atoms with Gasteiger partial charge in [0.05, 0.1) is 0 Å². The van der Waals surface area contributed by atoms with Crippen LogP contribution < -0.4 is 10.2 Å². The van der Waals surface area contributed by atoms with E-state index in [1.165, 1.54) is 18.4 Å². The number of anilines is 1. The molecule has 0 bridgehead atoms. The molecule has 0 aromatic heterocycles. The van der Waals surface area contributed by atoms with Crippen molar-refractivity contribution in [2.24, 2.45) is 0 Å². The fraction of sp³-hybridized carbons (Fsp3) is 0.619. The van der Waals surface area contributed by atoms with Crippen LogP contribution in [0.4, 0.5) is 10.5 Å². The van der Waals surface area contributed by atoms with E-state index in [0.29, 0.717) is 6.54 Å². The highest BCUT2D eigenvalue weighted by Crippen LogP contribution is 2.28. The number of rotatable bonds is 4. The zero-order valence-corrected chi connectivity index (χ0v) is 16.2. The summed E-state index contributed by atoms with van der Waals surface area (Å²) in [6, 6.07) is 7.69. The van der Waals surface area contributed by atoms with Gasteiger partial charge in [0.1, 0.15) is 6.04 Å². The summed E-state index contributed by atoms with van der Waals surface area (Å²) >= 11 is 0. The fourth-order valence-corrected chi connectivity index (χ4v) is 4.69. The predicted molar refractivity (Wildman–Crippen MR) is 106 cm³/mol. The molecule has 6 nitrogen and oxygen atoms in total. The van der Waals surface area contributed by atoms with Crippen molar-refractivity contribution in [1.29, 1.82) is 0 Å². The van der Waals surface area contributed by atoms with Gasteiger partial charge in [-0.25, -0.2) is 4.79 Å². The Bertz CT molecular complexity index is 701. The van der Waals surface area contributed by atoms with Crippen LogP contribution in [-0.2, 0) is 11.2 Å². The number of benzene rings is 1. The van der Waals surface area contributed by atoms with Crippen LogP contribution in [0.1, 0.15) is 38.2 Å². The summed E-state index contributed by atoms with van der Waals surface area (Å²) in [4.78, 5) is 32.0. The molecule has 1 aromatic rings. The molecule has 27 heavy (non-hydrogen) atoms. The van der Waals surface area contributed by atoms with Gasteiger partial charge in [0, 0.05) is 31.4 Å². The molecule has 146 valence electrons. The molecule has 1 aromatic carbocycles. The maximum absolute atomic E-state index is 12.9. The minimum atomic E-state index is -0.517. The summed E-state index contributed by atoms with van der Waals surface area (Å²) in [5.74, 6) is -0.0245. The first-order chi connectivity index (χ1) is 13.1. The number of nitrogens with zero attached hydrogens (tertiary/aromatic N) is 3. The van der Waals surface area contributed by atoms with Crippen LogP contribution in [0.15, 0.2) is 24.3 Å². The topological polar surface area (TPSA) is 55.9 Å². The molecule has 0 radical (unpaired) electrons. The Morgan fingerprint density at radius 3 is 2.70 bits per heavy atom. The molecular formula is C21H30N4O2. The molecule has 0 spiro atoms. The van der Waals surface area contributed by atoms with Gasteiger partial charge < -0.3 is 20.0 Å². The van der Waals surface area contributed by atoms with E-state index >= 15 is 0 Å². The third kappa shape index (κ3) is 3.81. The number of nitrogens with one attached hydrogen (secondary N) is 1. The number of fused-ring (bicyclic) bond motifs is 1. The van der Waals surface area contributed by atoms with Crippen molar-refractivity contribution >= 4 is 17.6 Å². The van der Waals surface area contributed by atoms with Crippen LogP contribution in [0.3, 0.4) is 0 Å². The van der Waals surface area contributed by atoms with E-state index in [2.05, 4.69) is 16.3 Å². The van der Waals surface area contributed by atoms with Crippen LogP contribution >= 0.6 is 0 Å². The summed E-state index contributed by atoms with van der Waals surface area (Å²) < 4.78 is 0. The van der Waals surface area contributed by atoms with Gasteiger partial charge in [-0.3, -0.25) is 4.79 Å². The van der Waals surface area contributed by atoms with Gasteiger partial charge in [-0.2, -0.15) is 0 Å². The van der Waals surface area contributed by atoms with Crippen molar-refractivity contribution < 1.29 is 9.59 Å². The average molecular weight is 370 g/mol. The molecule has 6 heteroatoms. The standard InChI is InChI=1S/C21H30N4O2/c1-16(20(26)25-14-10-17-7-2-3-9-19(17)25)22-21(27)24-13-6-8-18(24)15-23-11-4-5-12-23/h2-3,7,9,16,18H,4-6,8,10-15H2,1H3,(H,22,27)/t16-,18+/m1/s1. The van der Waals surface area contributed by atoms with Crippen LogP contribution in [0.5, 0.6) is 0 Å². The Morgan fingerprint density at radius 1 is 1.11 bits per heavy atom. The van der Waals surface area contributed by atoms with Crippen LogP contribution in [0.2, 0.25) is 0 Å². The van der Waals surface area contributed by atoms with E-state index in [1.807, 2.05) is 28.0 Å². The Hall–Kier alpha value is -2.08. The number of para-hydroxylation sites is 1. The number of carbonyl (C=O) groups excluding carboxylic acids is 2. The molecule has 3 heterocycles. The summed E-state index contributed by atoms with van der Waals surface area (Å²) in [5, 5.41) is 2.96. The van der Waals surface area contributed by atoms with Gasteiger partial charge >= 0.3 is 6.03 Å². The minimum absolute atomic E-state index is 0.0245.